The number of hydrogen-bond acceptors (Lipinski definition) is 2. The molecule has 0 heterocycles. The lowest BCUT2D eigenvalue weighted by Gasteiger charge is -2.10. The number of halogens is 3. The van der Waals surface area contributed by atoms with E-state index >= 15 is 0 Å². The summed E-state index contributed by atoms with van der Waals surface area (Å²) in [6, 6.07) is 9.31. The van der Waals surface area contributed by atoms with Crippen LogP contribution in [0.25, 0.3) is 0 Å². The Kier molecular flexibility index (Phi) is 5.42. The summed E-state index contributed by atoms with van der Waals surface area (Å²) in [6.07, 6.45) is -4.44. The molecule has 4 N–H and O–H groups in total. The number of hydrogen-bond donors (Lipinski definition) is 4. The summed E-state index contributed by atoms with van der Waals surface area (Å²) in [4.78, 5) is 11.8. The van der Waals surface area contributed by atoms with Gasteiger partial charge in [-0.15, -0.1) is 0 Å². The van der Waals surface area contributed by atoms with Crippen LogP contribution in [-0.2, 0) is 17.4 Å². The molecule has 2 aromatic carbocycles. The number of benzene rings is 2. The van der Waals surface area contributed by atoms with Crippen molar-refractivity contribution in [2.45, 2.75) is 6.18 Å². The van der Waals surface area contributed by atoms with Crippen LogP contribution in [0.5, 0.6) is 0 Å². The third kappa shape index (κ3) is 5.25. The molecular formula is C14H12F3N3O3S. The zero-order valence-electron chi connectivity index (χ0n) is 11.9. The summed E-state index contributed by atoms with van der Waals surface area (Å²) < 4.78 is 58.8. The van der Waals surface area contributed by atoms with Crippen LogP contribution in [0.15, 0.2) is 48.5 Å². The van der Waals surface area contributed by atoms with Crippen LogP contribution < -0.4 is 15.4 Å². The normalized spacial score (nSPS) is 12.3. The van der Waals surface area contributed by atoms with Gasteiger partial charge >= 0.3 is 12.2 Å². The van der Waals surface area contributed by atoms with Gasteiger partial charge in [-0.3, -0.25) is 9.27 Å². The first-order valence-electron chi connectivity index (χ1n) is 6.47. The average Bonchev–Trinajstić information content (AvgIpc) is 2.48. The molecule has 0 bridgehead atoms. The number of nitrogens with one attached hydrogen (secondary N) is 3. The number of urea groups is 1. The van der Waals surface area contributed by atoms with Gasteiger partial charge in [-0.25, -0.2) is 9.00 Å². The SMILES string of the molecule is O=C(Nc1ccc(NS(=O)O)cc1)Nc1ccc(C(F)(F)F)cc1. The standard InChI is InChI=1S/C14H12F3N3O3S/c15-14(16,17)9-1-3-10(4-2-9)18-13(21)19-11-5-7-12(8-6-11)20-24(22)23/h1-8,20H,(H,22,23)(H2,18,19,21). The third-order valence-corrected chi connectivity index (χ3v) is 3.23. The minimum atomic E-state index is -4.44. The van der Waals surface area contributed by atoms with E-state index in [4.69, 9.17) is 4.55 Å². The number of anilines is 3. The van der Waals surface area contributed by atoms with Gasteiger partial charge in [-0.1, -0.05) is 0 Å². The maximum absolute atomic E-state index is 12.4. The van der Waals surface area contributed by atoms with Gasteiger partial charge in [0, 0.05) is 17.1 Å². The van der Waals surface area contributed by atoms with Crippen molar-refractivity contribution in [2.75, 3.05) is 15.4 Å². The molecule has 2 rings (SSSR count). The van der Waals surface area contributed by atoms with E-state index < -0.39 is 29.0 Å². The van der Waals surface area contributed by atoms with E-state index in [2.05, 4.69) is 15.4 Å². The fourth-order valence-corrected chi connectivity index (χ4v) is 2.10. The van der Waals surface area contributed by atoms with Crippen molar-refractivity contribution >= 4 is 34.4 Å². The van der Waals surface area contributed by atoms with Gasteiger partial charge < -0.3 is 10.6 Å². The molecule has 0 aromatic heterocycles. The maximum Gasteiger partial charge on any atom is 0.416 e. The summed E-state index contributed by atoms with van der Waals surface area (Å²) in [7, 11) is 0. The molecule has 0 aliphatic carbocycles. The zero-order chi connectivity index (χ0) is 17.7. The second kappa shape index (κ2) is 7.32. The summed E-state index contributed by atoms with van der Waals surface area (Å²) >= 11 is -2.20. The summed E-state index contributed by atoms with van der Waals surface area (Å²) in [5.74, 6) is 0. The van der Waals surface area contributed by atoms with E-state index in [1.807, 2.05) is 0 Å². The lowest BCUT2D eigenvalue weighted by Crippen LogP contribution is -2.19. The number of carbonyl (C=O) groups excluding carboxylic acids is 1. The van der Waals surface area contributed by atoms with Crippen LogP contribution in [0.4, 0.5) is 35.0 Å². The first-order chi connectivity index (χ1) is 11.2. The average molecular weight is 359 g/mol. The van der Waals surface area contributed by atoms with E-state index in [1.165, 1.54) is 24.3 Å². The molecule has 0 saturated heterocycles. The Balaban J connectivity index is 1.94. The van der Waals surface area contributed by atoms with Crippen LogP contribution in [0.3, 0.4) is 0 Å². The topological polar surface area (TPSA) is 90.5 Å². The van der Waals surface area contributed by atoms with E-state index in [9.17, 15) is 22.2 Å². The fraction of sp³-hybridized carbons (Fsp3) is 0.0714. The number of carbonyl (C=O) groups is 1. The minimum Gasteiger partial charge on any atom is -0.308 e. The quantitative estimate of drug-likeness (QED) is 0.624. The van der Waals surface area contributed by atoms with Crippen LogP contribution in [0, 0.1) is 0 Å². The highest BCUT2D eigenvalue weighted by atomic mass is 32.2. The fourth-order valence-electron chi connectivity index (χ4n) is 1.76. The zero-order valence-corrected chi connectivity index (χ0v) is 12.7. The van der Waals surface area contributed by atoms with E-state index in [0.29, 0.717) is 11.4 Å². The summed E-state index contributed by atoms with van der Waals surface area (Å²) in [6.45, 7) is 0. The van der Waals surface area contributed by atoms with E-state index in [-0.39, 0.29) is 5.69 Å². The highest BCUT2D eigenvalue weighted by Crippen LogP contribution is 2.29. The van der Waals surface area contributed by atoms with Crippen LogP contribution in [0.1, 0.15) is 5.56 Å². The first kappa shape index (κ1) is 17.8. The Morgan fingerprint density at radius 1 is 0.875 bits per heavy atom. The predicted octanol–water partition coefficient (Wildman–Crippen LogP) is 3.90. The van der Waals surface area contributed by atoms with Gasteiger partial charge in [0.25, 0.3) is 11.3 Å². The van der Waals surface area contributed by atoms with Gasteiger partial charge in [0.1, 0.15) is 0 Å². The van der Waals surface area contributed by atoms with Crippen molar-refractivity contribution in [2.24, 2.45) is 0 Å². The summed E-state index contributed by atoms with van der Waals surface area (Å²) in [5, 5.41) is 4.87. The first-order valence-corrected chi connectivity index (χ1v) is 7.57. The smallest absolute Gasteiger partial charge is 0.308 e. The van der Waals surface area contributed by atoms with Crippen molar-refractivity contribution in [3.05, 3.63) is 54.1 Å². The molecule has 6 nitrogen and oxygen atoms in total. The van der Waals surface area contributed by atoms with Gasteiger partial charge in [0.2, 0.25) is 0 Å². The van der Waals surface area contributed by atoms with Gasteiger partial charge in [0.15, 0.2) is 0 Å². The van der Waals surface area contributed by atoms with Crippen molar-refractivity contribution in [1.82, 2.24) is 0 Å². The molecule has 0 aliphatic heterocycles. The van der Waals surface area contributed by atoms with Crippen molar-refractivity contribution in [3.63, 3.8) is 0 Å². The lowest BCUT2D eigenvalue weighted by molar-refractivity contribution is -0.137. The maximum atomic E-state index is 12.4. The van der Waals surface area contributed by atoms with Gasteiger partial charge in [-0.05, 0) is 48.5 Å². The molecule has 2 amide bonds. The van der Waals surface area contributed by atoms with Crippen LogP contribution in [0.2, 0.25) is 0 Å². The second-order valence-electron chi connectivity index (χ2n) is 4.58. The van der Waals surface area contributed by atoms with Crippen molar-refractivity contribution < 1.29 is 26.7 Å². The number of alkyl halides is 3. The Morgan fingerprint density at radius 2 is 1.29 bits per heavy atom. The summed E-state index contributed by atoms with van der Waals surface area (Å²) in [5.41, 5.74) is 0.172. The van der Waals surface area contributed by atoms with Gasteiger partial charge in [0.05, 0.1) is 5.56 Å². The molecule has 1 atom stereocenters. The molecule has 0 radical (unpaired) electrons. The van der Waals surface area contributed by atoms with Gasteiger partial charge in [-0.2, -0.15) is 13.2 Å². The molecule has 2 aromatic rings. The molecular weight excluding hydrogens is 347 g/mol. The van der Waals surface area contributed by atoms with Crippen LogP contribution >= 0.6 is 0 Å². The Bertz CT molecular complexity index is 734. The highest BCUT2D eigenvalue weighted by molar-refractivity contribution is 7.80. The minimum absolute atomic E-state index is 0.203. The molecule has 24 heavy (non-hydrogen) atoms. The Labute approximate surface area is 137 Å². The van der Waals surface area contributed by atoms with E-state index in [1.54, 1.807) is 0 Å². The van der Waals surface area contributed by atoms with Crippen molar-refractivity contribution in [3.8, 4) is 0 Å². The molecule has 1 unspecified atom stereocenters. The highest BCUT2D eigenvalue weighted by Gasteiger charge is 2.29. The second-order valence-corrected chi connectivity index (χ2v) is 5.29. The molecule has 0 fully saturated rings. The molecule has 0 saturated carbocycles. The largest absolute Gasteiger partial charge is 0.416 e. The van der Waals surface area contributed by atoms with Crippen molar-refractivity contribution in [1.29, 1.82) is 0 Å². The molecule has 0 spiro atoms. The Morgan fingerprint density at radius 3 is 1.71 bits per heavy atom. The van der Waals surface area contributed by atoms with E-state index in [0.717, 1.165) is 24.3 Å². The number of amides is 2. The Hall–Kier alpha value is -2.59. The monoisotopic (exact) mass is 359 g/mol. The molecule has 128 valence electrons. The van der Waals surface area contributed by atoms with Crippen LogP contribution in [-0.4, -0.2) is 14.8 Å². The lowest BCUT2D eigenvalue weighted by atomic mass is 10.2. The molecule has 10 heteroatoms. The predicted molar refractivity (Wildman–Crippen MR) is 84.9 cm³/mol. The number of rotatable bonds is 4. The third-order valence-electron chi connectivity index (χ3n) is 2.82. The molecule has 0 aliphatic rings.